The van der Waals surface area contributed by atoms with Gasteiger partial charge in [-0.1, -0.05) is 26.0 Å². The van der Waals surface area contributed by atoms with Crippen LogP contribution in [0.5, 0.6) is 0 Å². The molecule has 0 atom stereocenters. The molecule has 0 aliphatic carbocycles. The normalized spacial score (nSPS) is 13.4. The van der Waals surface area contributed by atoms with Crippen LogP contribution in [0.1, 0.15) is 34.6 Å². The standard InChI is InChI=1S/C14H15N3O4/c1-8(2)12(19)16-15-11(18)7-17-13(20)9-5-3-4-6-10(9)14(17)21/h3-6,8H,7H2,1-2H3,(H,15,18)(H,16,19). The summed E-state index contributed by atoms with van der Waals surface area (Å²) in [5.74, 6) is -2.31. The van der Waals surface area contributed by atoms with E-state index < -0.39 is 24.3 Å². The Kier molecular flexibility index (Phi) is 4.02. The zero-order valence-corrected chi connectivity index (χ0v) is 11.7. The van der Waals surface area contributed by atoms with E-state index in [2.05, 4.69) is 10.9 Å². The summed E-state index contributed by atoms with van der Waals surface area (Å²) in [5.41, 5.74) is 4.95. The van der Waals surface area contributed by atoms with Crippen molar-refractivity contribution in [2.45, 2.75) is 13.8 Å². The minimum absolute atomic E-state index is 0.279. The van der Waals surface area contributed by atoms with Crippen LogP contribution in [0.2, 0.25) is 0 Å². The summed E-state index contributed by atoms with van der Waals surface area (Å²) in [5, 5.41) is 0. The molecule has 0 saturated carbocycles. The Hall–Kier alpha value is -2.70. The smallest absolute Gasteiger partial charge is 0.262 e. The Morgan fingerprint density at radius 1 is 1.05 bits per heavy atom. The van der Waals surface area contributed by atoms with E-state index in [1.165, 1.54) is 12.1 Å². The number of nitrogens with zero attached hydrogens (tertiary/aromatic N) is 1. The molecular weight excluding hydrogens is 274 g/mol. The van der Waals surface area contributed by atoms with Gasteiger partial charge in [-0.25, -0.2) is 0 Å². The van der Waals surface area contributed by atoms with Crippen molar-refractivity contribution in [1.29, 1.82) is 0 Å². The molecule has 1 heterocycles. The van der Waals surface area contributed by atoms with Gasteiger partial charge in [-0.2, -0.15) is 0 Å². The fourth-order valence-corrected chi connectivity index (χ4v) is 1.84. The predicted octanol–water partition coefficient (Wildman–Crippen LogP) is 0.0860. The quantitative estimate of drug-likeness (QED) is 0.608. The van der Waals surface area contributed by atoms with Crippen molar-refractivity contribution in [1.82, 2.24) is 15.8 Å². The van der Waals surface area contributed by atoms with Crippen LogP contribution < -0.4 is 10.9 Å². The first kappa shape index (κ1) is 14.7. The van der Waals surface area contributed by atoms with Gasteiger partial charge in [0.2, 0.25) is 5.91 Å². The zero-order valence-electron chi connectivity index (χ0n) is 11.7. The van der Waals surface area contributed by atoms with Gasteiger partial charge in [-0.3, -0.25) is 34.9 Å². The molecule has 1 aliphatic rings. The van der Waals surface area contributed by atoms with E-state index in [0.29, 0.717) is 0 Å². The van der Waals surface area contributed by atoms with Gasteiger partial charge in [0, 0.05) is 5.92 Å². The molecule has 0 radical (unpaired) electrons. The molecule has 1 aliphatic heterocycles. The van der Waals surface area contributed by atoms with Crippen molar-refractivity contribution < 1.29 is 19.2 Å². The van der Waals surface area contributed by atoms with Crippen molar-refractivity contribution in [3.63, 3.8) is 0 Å². The van der Waals surface area contributed by atoms with Gasteiger partial charge in [0.05, 0.1) is 11.1 Å². The molecule has 7 nitrogen and oxygen atoms in total. The molecule has 7 heteroatoms. The van der Waals surface area contributed by atoms with Gasteiger partial charge in [0.15, 0.2) is 0 Å². The number of carbonyl (C=O) groups excluding carboxylic acids is 4. The Morgan fingerprint density at radius 3 is 2.05 bits per heavy atom. The first-order valence-electron chi connectivity index (χ1n) is 6.45. The SMILES string of the molecule is CC(C)C(=O)NNC(=O)CN1C(=O)c2ccccc2C1=O. The van der Waals surface area contributed by atoms with Crippen LogP contribution in [-0.4, -0.2) is 35.1 Å². The first-order valence-corrected chi connectivity index (χ1v) is 6.45. The third kappa shape index (κ3) is 2.91. The highest BCUT2D eigenvalue weighted by atomic mass is 16.2. The molecule has 0 spiro atoms. The molecule has 2 rings (SSSR count). The van der Waals surface area contributed by atoms with Crippen molar-refractivity contribution in [2.75, 3.05) is 6.54 Å². The molecule has 4 amide bonds. The topological polar surface area (TPSA) is 95.6 Å². The van der Waals surface area contributed by atoms with Crippen LogP contribution in [0.25, 0.3) is 0 Å². The Balaban J connectivity index is 1.99. The van der Waals surface area contributed by atoms with E-state index in [4.69, 9.17) is 0 Å². The number of fused-ring (bicyclic) bond motifs is 1. The summed E-state index contributed by atoms with van der Waals surface area (Å²) in [6, 6.07) is 6.37. The third-order valence-corrected chi connectivity index (χ3v) is 3.03. The van der Waals surface area contributed by atoms with Crippen molar-refractivity contribution in [3.05, 3.63) is 35.4 Å². The molecule has 0 fully saturated rings. The van der Waals surface area contributed by atoms with Gasteiger partial charge in [-0.05, 0) is 12.1 Å². The number of amides is 4. The van der Waals surface area contributed by atoms with Gasteiger partial charge in [0.25, 0.3) is 17.7 Å². The number of hydrogen-bond acceptors (Lipinski definition) is 4. The Morgan fingerprint density at radius 2 is 1.57 bits per heavy atom. The summed E-state index contributed by atoms with van der Waals surface area (Å²) in [6.07, 6.45) is 0. The number of rotatable bonds is 3. The van der Waals surface area contributed by atoms with Gasteiger partial charge in [-0.15, -0.1) is 0 Å². The van der Waals surface area contributed by atoms with Crippen LogP contribution in [0.4, 0.5) is 0 Å². The lowest BCUT2D eigenvalue weighted by Gasteiger charge is -2.14. The zero-order chi connectivity index (χ0) is 15.6. The fourth-order valence-electron chi connectivity index (χ4n) is 1.84. The lowest BCUT2D eigenvalue weighted by Crippen LogP contribution is -2.48. The van der Waals surface area contributed by atoms with Crippen LogP contribution in [-0.2, 0) is 9.59 Å². The highest BCUT2D eigenvalue weighted by molar-refractivity contribution is 6.22. The third-order valence-electron chi connectivity index (χ3n) is 3.03. The van der Waals surface area contributed by atoms with E-state index in [1.54, 1.807) is 26.0 Å². The molecule has 0 aromatic heterocycles. The van der Waals surface area contributed by atoms with Crippen molar-refractivity contribution in [2.24, 2.45) is 5.92 Å². The molecule has 110 valence electrons. The number of imide groups is 1. The molecule has 0 bridgehead atoms. The Labute approximate surface area is 121 Å². The maximum atomic E-state index is 12.0. The number of carbonyl (C=O) groups is 4. The molecular formula is C14H15N3O4. The predicted molar refractivity (Wildman–Crippen MR) is 72.9 cm³/mol. The van der Waals surface area contributed by atoms with E-state index in [-0.39, 0.29) is 23.0 Å². The van der Waals surface area contributed by atoms with E-state index in [1.807, 2.05) is 0 Å². The largest absolute Gasteiger partial charge is 0.273 e. The van der Waals surface area contributed by atoms with Crippen LogP contribution in [0.15, 0.2) is 24.3 Å². The molecule has 21 heavy (non-hydrogen) atoms. The monoisotopic (exact) mass is 289 g/mol. The lowest BCUT2D eigenvalue weighted by atomic mass is 10.1. The highest BCUT2D eigenvalue weighted by Gasteiger charge is 2.36. The second kappa shape index (κ2) is 5.74. The fraction of sp³-hybridized carbons (Fsp3) is 0.286. The van der Waals surface area contributed by atoms with Crippen LogP contribution in [0.3, 0.4) is 0 Å². The molecule has 0 saturated heterocycles. The second-order valence-corrected chi connectivity index (χ2v) is 4.93. The van der Waals surface area contributed by atoms with E-state index in [9.17, 15) is 19.2 Å². The Bertz CT molecular complexity index is 589. The van der Waals surface area contributed by atoms with Gasteiger partial charge < -0.3 is 0 Å². The van der Waals surface area contributed by atoms with Gasteiger partial charge >= 0.3 is 0 Å². The average molecular weight is 289 g/mol. The molecule has 0 unspecified atom stereocenters. The minimum atomic E-state index is -0.640. The maximum absolute atomic E-state index is 12.0. The number of nitrogens with one attached hydrogen (secondary N) is 2. The summed E-state index contributed by atoms with van der Waals surface area (Å²) < 4.78 is 0. The number of benzene rings is 1. The number of hydrogen-bond donors (Lipinski definition) is 2. The van der Waals surface area contributed by atoms with E-state index in [0.717, 1.165) is 4.90 Å². The maximum Gasteiger partial charge on any atom is 0.262 e. The average Bonchev–Trinajstić information content (AvgIpc) is 2.70. The summed E-state index contributed by atoms with van der Waals surface area (Å²) in [4.78, 5) is 47.9. The van der Waals surface area contributed by atoms with Crippen LogP contribution in [0, 0.1) is 5.92 Å². The van der Waals surface area contributed by atoms with Gasteiger partial charge in [0.1, 0.15) is 6.54 Å². The molecule has 2 N–H and O–H groups in total. The summed E-state index contributed by atoms with van der Waals surface area (Å²) in [7, 11) is 0. The first-order chi connectivity index (χ1) is 9.91. The van der Waals surface area contributed by atoms with Crippen molar-refractivity contribution in [3.8, 4) is 0 Å². The van der Waals surface area contributed by atoms with E-state index >= 15 is 0 Å². The lowest BCUT2D eigenvalue weighted by molar-refractivity contribution is -0.130. The molecule has 1 aromatic rings. The minimum Gasteiger partial charge on any atom is -0.273 e. The highest BCUT2D eigenvalue weighted by Crippen LogP contribution is 2.21. The van der Waals surface area contributed by atoms with Crippen LogP contribution >= 0.6 is 0 Å². The number of hydrazine groups is 1. The summed E-state index contributed by atoms with van der Waals surface area (Å²) >= 11 is 0. The second-order valence-electron chi connectivity index (χ2n) is 4.93. The summed E-state index contributed by atoms with van der Waals surface area (Å²) in [6.45, 7) is 2.90. The molecule has 1 aromatic carbocycles. The van der Waals surface area contributed by atoms with Crippen molar-refractivity contribution >= 4 is 23.6 Å².